The number of hydrogen-bond acceptors (Lipinski definition) is 4. The second kappa shape index (κ2) is 8.28. The van der Waals surface area contributed by atoms with Crippen molar-refractivity contribution in [1.82, 2.24) is 9.03 Å². The van der Waals surface area contributed by atoms with E-state index >= 15 is 0 Å². The first-order chi connectivity index (χ1) is 13.2. The molecule has 1 N–H and O–H groups in total. The van der Waals surface area contributed by atoms with Gasteiger partial charge in [-0.3, -0.25) is 0 Å². The van der Waals surface area contributed by atoms with Crippen molar-refractivity contribution < 1.29 is 21.2 Å². The molecule has 0 spiro atoms. The van der Waals surface area contributed by atoms with E-state index in [9.17, 15) is 21.2 Å². The number of piperidine rings is 1. The maximum atomic E-state index is 12.9. The molecule has 1 fully saturated rings. The molecule has 0 aromatic heterocycles. The smallest absolute Gasteiger partial charge is 0.207 e. The van der Waals surface area contributed by atoms with Gasteiger partial charge < -0.3 is 0 Å². The number of sulfonamides is 2. The lowest BCUT2D eigenvalue weighted by atomic mass is 10.1. The molecule has 0 radical (unpaired) electrons. The van der Waals surface area contributed by atoms with E-state index in [0.29, 0.717) is 12.1 Å². The Labute approximate surface area is 165 Å². The second-order valence-corrected chi connectivity index (χ2v) is 10.5. The number of nitrogens with one attached hydrogen (secondary N) is 1. The third kappa shape index (κ3) is 4.60. The van der Waals surface area contributed by atoms with Crippen LogP contribution in [0.3, 0.4) is 0 Å². The Morgan fingerprint density at radius 2 is 1.57 bits per heavy atom. The van der Waals surface area contributed by atoms with E-state index in [1.54, 1.807) is 0 Å². The quantitative estimate of drug-likeness (QED) is 0.770. The highest BCUT2D eigenvalue weighted by Crippen LogP contribution is 2.25. The first-order valence-electron chi connectivity index (χ1n) is 9.06. The van der Waals surface area contributed by atoms with Gasteiger partial charge in [0.25, 0.3) is 0 Å². The second-order valence-electron chi connectivity index (χ2n) is 6.88. The largest absolute Gasteiger partial charge is 0.243 e. The van der Waals surface area contributed by atoms with Crippen LogP contribution in [0.5, 0.6) is 0 Å². The minimum atomic E-state index is -3.82. The molecule has 1 saturated heterocycles. The zero-order valence-electron chi connectivity index (χ0n) is 15.5. The maximum Gasteiger partial charge on any atom is 0.243 e. The van der Waals surface area contributed by atoms with Gasteiger partial charge in [0.05, 0.1) is 9.79 Å². The summed E-state index contributed by atoms with van der Waals surface area (Å²) in [5.74, 6) is -0.397. The number of nitrogens with zero attached hydrogens (tertiary/aromatic N) is 1. The average molecular weight is 427 g/mol. The van der Waals surface area contributed by atoms with E-state index in [0.717, 1.165) is 19.3 Å². The molecule has 0 aliphatic carbocycles. The zero-order valence-corrected chi connectivity index (χ0v) is 17.1. The molecule has 152 valence electrons. The molecule has 1 heterocycles. The van der Waals surface area contributed by atoms with Crippen molar-refractivity contribution in [1.29, 1.82) is 0 Å². The first-order valence-corrected chi connectivity index (χ1v) is 12.0. The van der Waals surface area contributed by atoms with Crippen LogP contribution in [0.15, 0.2) is 58.3 Å². The number of rotatable bonds is 6. The van der Waals surface area contributed by atoms with Gasteiger partial charge in [0.15, 0.2) is 0 Å². The summed E-state index contributed by atoms with van der Waals surface area (Å²) >= 11 is 0. The van der Waals surface area contributed by atoms with Gasteiger partial charge in [0.1, 0.15) is 5.82 Å². The molecular formula is C19H23FN2O4S2. The van der Waals surface area contributed by atoms with Crippen molar-refractivity contribution in [3.63, 3.8) is 0 Å². The Balaban J connectivity index is 1.74. The van der Waals surface area contributed by atoms with Crippen molar-refractivity contribution in [3.8, 4) is 0 Å². The van der Waals surface area contributed by atoms with Crippen molar-refractivity contribution in [3.05, 3.63) is 59.9 Å². The summed E-state index contributed by atoms with van der Waals surface area (Å²) in [7, 11) is -7.47. The fourth-order valence-electron chi connectivity index (χ4n) is 3.22. The lowest BCUT2D eigenvalue weighted by Gasteiger charge is -2.32. The van der Waals surface area contributed by atoms with E-state index in [1.165, 1.54) is 52.8 Å². The average Bonchev–Trinajstić information content (AvgIpc) is 2.68. The SMILES string of the molecule is C[C@H]1CCCCN1S(=O)(=O)c1ccc(S(=O)(=O)NCc2ccc(F)cc2)cc1. The van der Waals surface area contributed by atoms with E-state index in [2.05, 4.69) is 4.72 Å². The summed E-state index contributed by atoms with van der Waals surface area (Å²) < 4.78 is 67.4. The number of hydrogen-bond donors (Lipinski definition) is 1. The highest BCUT2D eigenvalue weighted by Gasteiger charge is 2.31. The molecule has 6 nitrogen and oxygen atoms in total. The van der Waals surface area contributed by atoms with Crippen LogP contribution in [0, 0.1) is 5.82 Å². The van der Waals surface area contributed by atoms with E-state index < -0.39 is 25.9 Å². The zero-order chi connectivity index (χ0) is 20.4. The monoisotopic (exact) mass is 426 g/mol. The summed E-state index contributed by atoms with van der Waals surface area (Å²) in [6.45, 7) is 2.37. The Bertz CT molecular complexity index is 1020. The molecule has 1 aliphatic rings. The van der Waals surface area contributed by atoms with Gasteiger partial charge in [-0.1, -0.05) is 18.6 Å². The summed E-state index contributed by atoms with van der Waals surface area (Å²) in [5.41, 5.74) is 0.614. The van der Waals surface area contributed by atoms with Crippen molar-refractivity contribution in [2.75, 3.05) is 6.54 Å². The molecule has 28 heavy (non-hydrogen) atoms. The van der Waals surface area contributed by atoms with Crippen LogP contribution >= 0.6 is 0 Å². The molecule has 0 amide bonds. The standard InChI is InChI=1S/C19H23FN2O4S2/c1-15-4-2-3-13-22(15)28(25,26)19-11-9-18(10-12-19)27(23,24)21-14-16-5-7-17(20)8-6-16/h5-12,15,21H,2-4,13-14H2,1H3/t15-/m0/s1. The van der Waals surface area contributed by atoms with E-state index in [4.69, 9.17) is 0 Å². The topological polar surface area (TPSA) is 83.6 Å². The summed E-state index contributed by atoms with van der Waals surface area (Å²) in [4.78, 5) is 0.0546. The summed E-state index contributed by atoms with van der Waals surface area (Å²) in [5, 5.41) is 0. The van der Waals surface area contributed by atoms with Gasteiger partial charge in [-0.2, -0.15) is 4.31 Å². The number of benzene rings is 2. The minimum absolute atomic E-state index is 0.00789. The minimum Gasteiger partial charge on any atom is -0.207 e. The predicted octanol–water partition coefficient (Wildman–Crippen LogP) is 2.87. The highest BCUT2D eigenvalue weighted by atomic mass is 32.2. The Morgan fingerprint density at radius 3 is 2.18 bits per heavy atom. The summed E-state index contributed by atoms with van der Waals surface area (Å²) in [6, 6.07) is 10.6. The van der Waals surface area contributed by atoms with Crippen LogP contribution in [-0.4, -0.2) is 33.7 Å². The molecule has 2 aromatic rings. The van der Waals surface area contributed by atoms with Crippen LogP contribution in [-0.2, 0) is 26.6 Å². The van der Waals surface area contributed by atoms with Crippen LogP contribution in [0.2, 0.25) is 0 Å². The van der Waals surface area contributed by atoms with Gasteiger partial charge in [0.2, 0.25) is 20.0 Å². The van der Waals surface area contributed by atoms with Gasteiger partial charge in [-0.15, -0.1) is 0 Å². The Hall–Kier alpha value is -1.81. The molecule has 2 aromatic carbocycles. The molecule has 0 saturated carbocycles. The maximum absolute atomic E-state index is 12.9. The Morgan fingerprint density at radius 1 is 0.964 bits per heavy atom. The van der Waals surface area contributed by atoms with Gasteiger partial charge >= 0.3 is 0 Å². The number of halogens is 1. The van der Waals surface area contributed by atoms with Gasteiger partial charge in [-0.05, 0) is 61.7 Å². The lowest BCUT2D eigenvalue weighted by molar-refractivity contribution is 0.268. The predicted molar refractivity (Wildman–Crippen MR) is 104 cm³/mol. The van der Waals surface area contributed by atoms with E-state index in [1.807, 2.05) is 6.92 Å². The fourth-order valence-corrected chi connectivity index (χ4v) is 5.94. The first kappa shape index (κ1) is 20.9. The van der Waals surface area contributed by atoms with Gasteiger partial charge in [0, 0.05) is 19.1 Å². The molecule has 0 bridgehead atoms. The van der Waals surface area contributed by atoms with Crippen molar-refractivity contribution in [2.24, 2.45) is 0 Å². The molecular weight excluding hydrogens is 403 g/mol. The highest BCUT2D eigenvalue weighted by molar-refractivity contribution is 7.89. The lowest BCUT2D eigenvalue weighted by Crippen LogP contribution is -2.41. The van der Waals surface area contributed by atoms with E-state index in [-0.39, 0.29) is 22.4 Å². The van der Waals surface area contributed by atoms with Crippen LogP contribution in [0.1, 0.15) is 31.7 Å². The van der Waals surface area contributed by atoms with Crippen molar-refractivity contribution >= 4 is 20.0 Å². The van der Waals surface area contributed by atoms with Crippen LogP contribution in [0.25, 0.3) is 0 Å². The third-order valence-electron chi connectivity index (χ3n) is 4.86. The molecule has 9 heteroatoms. The van der Waals surface area contributed by atoms with Gasteiger partial charge in [-0.25, -0.2) is 25.9 Å². The normalized spacial score (nSPS) is 18.9. The molecule has 3 rings (SSSR count). The van der Waals surface area contributed by atoms with Crippen LogP contribution in [0.4, 0.5) is 4.39 Å². The Kier molecular flexibility index (Phi) is 6.18. The fraction of sp³-hybridized carbons (Fsp3) is 0.368. The summed E-state index contributed by atoms with van der Waals surface area (Å²) in [6.07, 6.45) is 2.65. The molecule has 1 atom stereocenters. The molecule has 0 unspecified atom stereocenters. The third-order valence-corrected chi connectivity index (χ3v) is 8.31. The molecule has 1 aliphatic heterocycles. The van der Waals surface area contributed by atoms with Crippen molar-refractivity contribution in [2.45, 2.75) is 48.6 Å². The van der Waals surface area contributed by atoms with Crippen LogP contribution < -0.4 is 4.72 Å².